The Morgan fingerprint density at radius 1 is 0.692 bits per heavy atom. The van der Waals surface area contributed by atoms with Crippen LogP contribution in [0, 0.1) is 0 Å². The second-order valence-corrected chi connectivity index (χ2v) is 5.97. The molecule has 6 heteroatoms. The molecule has 0 saturated carbocycles. The van der Waals surface area contributed by atoms with Crippen molar-refractivity contribution in [2.45, 2.75) is 0 Å². The van der Waals surface area contributed by atoms with E-state index in [1.54, 1.807) is 42.5 Å². The molecule has 6 nitrogen and oxygen atoms in total. The van der Waals surface area contributed by atoms with Gasteiger partial charge in [-0.05, 0) is 18.2 Å². The van der Waals surface area contributed by atoms with E-state index in [-0.39, 0.29) is 50.8 Å². The second-order valence-electron chi connectivity index (χ2n) is 5.97. The maximum Gasteiger partial charge on any atom is 0.198 e. The first-order chi connectivity index (χ1) is 12.5. The summed E-state index contributed by atoms with van der Waals surface area (Å²) in [6.07, 6.45) is 0. The highest BCUT2D eigenvalue weighted by Crippen LogP contribution is 2.42. The molecule has 0 radical (unpaired) electrons. The van der Waals surface area contributed by atoms with E-state index in [0.29, 0.717) is 5.75 Å². The van der Waals surface area contributed by atoms with Gasteiger partial charge in [0.25, 0.3) is 0 Å². The van der Waals surface area contributed by atoms with Gasteiger partial charge in [-0.1, -0.05) is 30.3 Å². The van der Waals surface area contributed by atoms with Crippen LogP contribution in [0.2, 0.25) is 0 Å². The third-order valence-electron chi connectivity index (χ3n) is 4.35. The lowest BCUT2D eigenvalue weighted by Gasteiger charge is -2.23. The summed E-state index contributed by atoms with van der Waals surface area (Å²) in [6, 6.07) is 15.2. The maximum absolute atomic E-state index is 13.0. The molecule has 0 aliphatic heterocycles. The first-order valence-electron chi connectivity index (χ1n) is 7.91. The molecule has 0 saturated heterocycles. The quantitative estimate of drug-likeness (QED) is 0.480. The summed E-state index contributed by atoms with van der Waals surface area (Å²) in [4.78, 5) is 25.9. The normalized spacial score (nSPS) is 12.5. The number of hydrogen-bond donors (Lipinski definition) is 3. The predicted octanol–water partition coefficient (Wildman–Crippen LogP) is 3.00. The zero-order valence-electron chi connectivity index (χ0n) is 13.7. The molecular formula is C20H15N3O3. The molecule has 3 aromatic carbocycles. The summed E-state index contributed by atoms with van der Waals surface area (Å²) in [5.41, 5.74) is 19.1. The van der Waals surface area contributed by atoms with Crippen molar-refractivity contribution in [2.75, 3.05) is 17.2 Å². The Labute approximate surface area is 149 Å². The summed E-state index contributed by atoms with van der Waals surface area (Å²) >= 11 is 0. The average molecular weight is 345 g/mol. The molecule has 6 N–H and O–H groups in total. The number of anilines is 3. The van der Waals surface area contributed by atoms with Crippen molar-refractivity contribution >= 4 is 28.6 Å². The first-order valence-corrected chi connectivity index (χ1v) is 7.91. The maximum atomic E-state index is 13.0. The van der Waals surface area contributed by atoms with Crippen LogP contribution in [-0.4, -0.2) is 11.6 Å². The van der Waals surface area contributed by atoms with Gasteiger partial charge in [-0.25, -0.2) is 0 Å². The van der Waals surface area contributed by atoms with Crippen LogP contribution in [-0.2, 0) is 0 Å². The number of carbonyl (C=O) groups excluding carboxylic acids is 2. The third kappa shape index (κ3) is 2.20. The van der Waals surface area contributed by atoms with Crippen LogP contribution in [0.3, 0.4) is 0 Å². The van der Waals surface area contributed by atoms with Crippen LogP contribution in [0.1, 0.15) is 31.8 Å². The molecule has 0 fully saturated rings. The highest BCUT2D eigenvalue weighted by molar-refractivity contribution is 6.33. The van der Waals surface area contributed by atoms with E-state index < -0.39 is 5.78 Å². The van der Waals surface area contributed by atoms with Gasteiger partial charge < -0.3 is 21.9 Å². The molecule has 128 valence electrons. The van der Waals surface area contributed by atoms with Crippen molar-refractivity contribution in [3.05, 3.63) is 76.9 Å². The van der Waals surface area contributed by atoms with Gasteiger partial charge in [-0.3, -0.25) is 9.59 Å². The number of ether oxygens (including phenoxy) is 1. The van der Waals surface area contributed by atoms with Crippen LogP contribution in [0.25, 0.3) is 0 Å². The van der Waals surface area contributed by atoms with Crippen LogP contribution in [0.5, 0.6) is 11.5 Å². The molecule has 0 bridgehead atoms. The van der Waals surface area contributed by atoms with Gasteiger partial charge in [-0.15, -0.1) is 0 Å². The zero-order valence-corrected chi connectivity index (χ0v) is 13.7. The van der Waals surface area contributed by atoms with Gasteiger partial charge in [0.05, 0.1) is 22.4 Å². The fourth-order valence-corrected chi connectivity index (χ4v) is 3.15. The van der Waals surface area contributed by atoms with Crippen molar-refractivity contribution in [3.63, 3.8) is 0 Å². The highest BCUT2D eigenvalue weighted by atomic mass is 16.5. The highest BCUT2D eigenvalue weighted by Gasteiger charge is 2.35. The van der Waals surface area contributed by atoms with Crippen molar-refractivity contribution < 1.29 is 14.3 Å². The Bertz CT molecular complexity index is 1080. The number of para-hydroxylation sites is 1. The molecule has 4 rings (SSSR count). The number of carbonyl (C=O) groups is 2. The molecular weight excluding hydrogens is 330 g/mol. The van der Waals surface area contributed by atoms with E-state index in [1.807, 2.05) is 6.07 Å². The van der Waals surface area contributed by atoms with E-state index >= 15 is 0 Å². The molecule has 0 atom stereocenters. The van der Waals surface area contributed by atoms with Gasteiger partial charge in [0.1, 0.15) is 5.75 Å². The Balaban J connectivity index is 1.92. The Hall–Kier alpha value is -3.80. The first kappa shape index (κ1) is 15.7. The largest absolute Gasteiger partial charge is 0.455 e. The minimum Gasteiger partial charge on any atom is -0.455 e. The number of nitrogens with two attached hydrogens (primary N) is 3. The SMILES string of the molecule is Nc1cccc2c1C(=O)c1c(N)c(Oc3ccccc3)cc(N)c1C2=O. The van der Waals surface area contributed by atoms with Crippen molar-refractivity contribution in [2.24, 2.45) is 0 Å². The van der Waals surface area contributed by atoms with Crippen molar-refractivity contribution in [3.8, 4) is 11.5 Å². The van der Waals surface area contributed by atoms with Gasteiger partial charge >= 0.3 is 0 Å². The van der Waals surface area contributed by atoms with Crippen LogP contribution in [0.15, 0.2) is 54.6 Å². The van der Waals surface area contributed by atoms with E-state index in [9.17, 15) is 9.59 Å². The van der Waals surface area contributed by atoms with Crippen LogP contribution < -0.4 is 21.9 Å². The number of hydrogen-bond acceptors (Lipinski definition) is 6. The van der Waals surface area contributed by atoms with E-state index in [1.165, 1.54) is 6.07 Å². The summed E-state index contributed by atoms with van der Waals surface area (Å²) in [7, 11) is 0. The number of rotatable bonds is 2. The van der Waals surface area contributed by atoms with Gasteiger partial charge in [-0.2, -0.15) is 0 Å². The molecule has 1 aliphatic rings. The lowest BCUT2D eigenvalue weighted by atomic mass is 9.81. The number of benzene rings is 3. The van der Waals surface area contributed by atoms with Gasteiger partial charge in [0.15, 0.2) is 17.3 Å². The Kier molecular flexibility index (Phi) is 3.40. The number of nitrogen functional groups attached to an aromatic ring is 3. The standard InChI is InChI=1S/C20H15N3O3/c21-12-8-4-7-11-15(12)20(25)17-16(19(11)24)13(22)9-14(18(17)23)26-10-5-2-1-3-6-10/h1-9H,21-23H2. The Morgan fingerprint density at radius 2 is 1.42 bits per heavy atom. The summed E-state index contributed by atoms with van der Waals surface area (Å²) < 4.78 is 5.76. The molecule has 0 unspecified atom stereocenters. The second kappa shape index (κ2) is 5.63. The minimum absolute atomic E-state index is 0.0336. The predicted molar refractivity (Wildman–Crippen MR) is 99.5 cm³/mol. The van der Waals surface area contributed by atoms with Gasteiger partial charge in [0, 0.05) is 23.0 Å². The molecule has 0 heterocycles. The summed E-state index contributed by atoms with van der Waals surface area (Å²) in [5.74, 6) is -0.0626. The molecule has 0 aromatic heterocycles. The Morgan fingerprint density at radius 3 is 2.15 bits per heavy atom. The summed E-state index contributed by atoms with van der Waals surface area (Å²) in [6.45, 7) is 0. The average Bonchev–Trinajstić information content (AvgIpc) is 2.63. The van der Waals surface area contributed by atoms with E-state index in [0.717, 1.165) is 0 Å². The van der Waals surface area contributed by atoms with Gasteiger partial charge in [0.2, 0.25) is 0 Å². The lowest BCUT2D eigenvalue weighted by Crippen LogP contribution is -2.25. The molecule has 3 aromatic rings. The topological polar surface area (TPSA) is 121 Å². The molecule has 0 spiro atoms. The third-order valence-corrected chi connectivity index (χ3v) is 4.35. The number of fused-ring (bicyclic) bond motifs is 2. The fraction of sp³-hybridized carbons (Fsp3) is 0. The lowest BCUT2D eigenvalue weighted by molar-refractivity contribution is 0.0980. The van der Waals surface area contributed by atoms with Crippen LogP contribution in [0.4, 0.5) is 17.1 Å². The van der Waals surface area contributed by atoms with Crippen LogP contribution >= 0.6 is 0 Å². The monoisotopic (exact) mass is 345 g/mol. The summed E-state index contributed by atoms with van der Waals surface area (Å²) in [5, 5.41) is 0. The molecule has 26 heavy (non-hydrogen) atoms. The smallest absolute Gasteiger partial charge is 0.198 e. The van der Waals surface area contributed by atoms with Crippen molar-refractivity contribution in [1.29, 1.82) is 0 Å². The molecule has 1 aliphatic carbocycles. The zero-order chi connectivity index (χ0) is 18.4. The van der Waals surface area contributed by atoms with E-state index in [4.69, 9.17) is 21.9 Å². The fourth-order valence-electron chi connectivity index (χ4n) is 3.15. The minimum atomic E-state index is -0.435. The van der Waals surface area contributed by atoms with Crippen molar-refractivity contribution in [1.82, 2.24) is 0 Å². The molecule has 0 amide bonds. The number of ketones is 2. The van der Waals surface area contributed by atoms with E-state index in [2.05, 4.69) is 0 Å².